The van der Waals surface area contributed by atoms with E-state index in [0.29, 0.717) is 0 Å². The lowest BCUT2D eigenvalue weighted by atomic mass is 9.33. The second-order valence-corrected chi connectivity index (χ2v) is 25.0. The topological polar surface area (TPSA) is 11.4 Å². The van der Waals surface area contributed by atoms with Crippen LogP contribution in [0.5, 0.6) is 0 Å². The molecule has 67 heavy (non-hydrogen) atoms. The van der Waals surface area contributed by atoms with Gasteiger partial charge in [-0.3, -0.25) is 0 Å². The standard InChI is InChI=1S/C61H56BN3S2/c1-35-29-49-53-50(30-35)64-54-42(57-55(64)41-18-11-13-22-52(41)67-57)31-37(59(5,6)7)33-45(54)62(53)44-25-24-38(34-48(44)63(49)47-20-16-19-40-39-17-10-12-21-51(39)66-56(40)47)65-46-26-23-36(58(2,3)4)32-43(46)60(8)27-14-15-28-61(60,65)9/h10-13,16-26,29-34H,14-15,27-28H2,1-9H3. The maximum absolute atomic E-state index is 2.80. The summed E-state index contributed by atoms with van der Waals surface area (Å²) >= 11 is 3.90. The Kier molecular flexibility index (Phi) is 7.96. The molecule has 6 heteroatoms. The van der Waals surface area contributed by atoms with Crippen LogP contribution in [0.2, 0.25) is 0 Å². The highest BCUT2D eigenvalue weighted by atomic mass is 32.1. The smallest absolute Gasteiger partial charge is 0.252 e. The van der Waals surface area contributed by atoms with Crippen LogP contribution in [0.25, 0.3) is 57.1 Å². The fourth-order valence-corrected chi connectivity index (χ4v) is 15.8. The molecular formula is C61H56BN3S2. The Bertz CT molecular complexity index is 3810. The van der Waals surface area contributed by atoms with Gasteiger partial charge in [-0.2, -0.15) is 0 Å². The Morgan fingerprint density at radius 3 is 2.03 bits per heavy atom. The van der Waals surface area contributed by atoms with Crippen LogP contribution in [0.4, 0.5) is 28.4 Å². The highest BCUT2D eigenvalue weighted by Gasteiger charge is 2.58. The van der Waals surface area contributed by atoms with Crippen LogP contribution in [0, 0.1) is 6.92 Å². The summed E-state index contributed by atoms with van der Waals surface area (Å²) in [7, 11) is 0. The molecule has 1 saturated carbocycles. The predicted octanol–water partition coefficient (Wildman–Crippen LogP) is 15.6. The fraction of sp³-hybridized carbons (Fsp3) is 0.279. The molecule has 3 nitrogen and oxygen atoms in total. The van der Waals surface area contributed by atoms with E-state index in [0.717, 1.165) is 0 Å². The Morgan fingerprint density at radius 1 is 0.537 bits per heavy atom. The van der Waals surface area contributed by atoms with Crippen LogP contribution in [-0.2, 0) is 16.2 Å². The van der Waals surface area contributed by atoms with E-state index in [2.05, 4.69) is 204 Å². The summed E-state index contributed by atoms with van der Waals surface area (Å²) in [6.45, 7) is 21.8. The molecule has 2 atom stereocenters. The Morgan fingerprint density at radius 2 is 1.24 bits per heavy atom. The lowest BCUT2D eigenvalue weighted by Crippen LogP contribution is -2.60. The maximum atomic E-state index is 2.80. The number of fused-ring (bicyclic) bond motifs is 15. The van der Waals surface area contributed by atoms with Crippen molar-refractivity contribution in [2.75, 3.05) is 9.80 Å². The van der Waals surface area contributed by atoms with Gasteiger partial charge in [0.25, 0.3) is 6.71 Å². The molecule has 3 aliphatic heterocycles. The largest absolute Gasteiger partial charge is 0.334 e. The molecule has 7 aromatic carbocycles. The van der Waals surface area contributed by atoms with Gasteiger partial charge in [-0.1, -0.05) is 134 Å². The average molecular weight is 906 g/mol. The normalized spacial score (nSPS) is 19.8. The van der Waals surface area contributed by atoms with Crippen molar-refractivity contribution >= 4 is 126 Å². The van der Waals surface area contributed by atoms with E-state index in [9.17, 15) is 0 Å². The van der Waals surface area contributed by atoms with Crippen LogP contribution in [0.15, 0.2) is 127 Å². The number of thiophene rings is 2. The van der Waals surface area contributed by atoms with Crippen molar-refractivity contribution in [3.63, 3.8) is 0 Å². The Hall–Kier alpha value is -5.82. The summed E-state index contributed by atoms with van der Waals surface area (Å²) in [6, 6.07) is 50.4. The Labute approximate surface area is 402 Å². The van der Waals surface area contributed by atoms with E-state index in [1.165, 1.54) is 150 Å². The predicted molar refractivity (Wildman–Crippen MR) is 293 cm³/mol. The van der Waals surface area contributed by atoms with Gasteiger partial charge in [0.2, 0.25) is 0 Å². The molecule has 10 aromatic rings. The molecular weight excluding hydrogens is 850 g/mol. The molecule has 1 fully saturated rings. The Balaban J connectivity index is 1.11. The van der Waals surface area contributed by atoms with Gasteiger partial charge in [-0.05, 0) is 131 Å². The number of aryl methyl sites for hydroxylation is 1. The zero-order valence-corrected chi connectivity index (χ0v) is 41.8. The van der Waals surface area contributed by atoms with E-state index in [4.69, 9.17) is 0 Å². The molecule has 2 unspecified atom stereocenters. The number of aromatic nitrogens is 1. The molecule has 0 N–H and O–H groups in total. The number of hydrogen-bond donors (Lipinski definition) is 0. The lowest BCUT2D eigenvalue weighted by molar-refractivity contribution is 0.195. The van der Waals surface area contributed by atoms with Crippen LogP contribution in [0.1, 0.15) is 103 Å². The van der Waals surface area contributed by atoms with Gasteiger partial charge < -0.3 is 14.4 Å². The first kappa shape index (κ1) is 40.3. The molecule has 0 amide bonds. The van der Waals surface area contributed by atoms with Crippen LogP contribution in [-0.4, -0.2) is 16.8 Å². The number of rotatable bonds is 2. The van der Waals surface area contributed by atoms with Crippen LogP contribution < -0.4 is 26.2 Å². The number of hydrogen-bond acceptors (Lipinski definition) is 4. The molecule has 14 rings (SSSR count). The van der Waals surface area contributed by atoms with Gasteiger partial charge in [0.15, 0.2) is 0 Å². The lowest BCUT2D eigenvalue weighted by Gasteiger charge is -2.50. The number of anilines is 5. The zero-order chi connectivity index (χ0) is 45.7. The molecule has 0 bridgehead atoms. The van der Waals surface area contributed by atoms with Crippen molar-refractivity contribution in [1.82, 2.24) is 4.57 Å². The summed E-state index contributed by atoms with van der Waals surface area (Å²) in [5.74, 6) is 0. The molecule has 4 aliphatic rings. The zero-order valence-electron chi connectivity index (χ0n) is 40.2. The molecule has 0 saturated heterocycles. The van der Waals surface area contributed by atoms with Crippen molar-refractivity contribution in [2.45, 2.75) is 110 Å². The van der Waals surface area contributed by atoms with E-state index >= 15 is 0 Å². The minimum atomic E-state index is -0.0711. The van der Waals surface area contributed by atoms with Gasteiger partial charge in [0.1, 0.15) is 0 Å². The molecule has 330 valence electrons. The SMILES string of the molecule is Cc1cc2c3c(c1)-n1c4c(cc(C(C)(C)C)cc4c4sc5ccccc5c41)B3c1ccc(N3c4ccc(C(C)(C)C)cc4C4(C)CCCCC34C)cc1N2c1cccc2c1sc1ccccc12. The molecule has 6 heterocycles. The first-order valence-corrected chi connectivity index (χ1v) is 26.2. The second-order valence-electron chi connectivity index (χ2n) is 22.9. The highest BCUT2D eigenvalue weighted by molar-refractivity contribution is 7.27. The minimum Gasteiger partial charge on any atom is -0.334 e. The highest BCUT2D eigenvalue weighted by Crippen LogP contribution is 2.62. The van der Waals surface area contributed by atoms with Crippen LogP contribution >= 0.6 is 22.7 Å². The van der Waals surface area contributed by atoms with Gasteiger partial charge in [-0.15, -0.1) is 22.7 Å². The maximum Gasteiger partial charge on any atom is 0.252 e. The van der Waals surface area contributed by atoms with Crippen molar-refractivity contribution in [2.24, 2.45) is 0 Å². The van der Waals surface area contributed by atoms with Gasteiger partial charge in [-0.25, -0.2) is 0 Å². The first-order chi connectivity index (χ1) is 32.1. The van der Waals surface area contributed by atoms with Crippen LogP contribution in [0.3, 0.4) is 0 Å². The number of nitrogens with zero attached hydrogens (tertiary/aromatic N) is 3. The molecule has 3 aromatic heterocycles. The summed E-state index contributed by atoms with van der Waals surface area (Å²) in [4.78, 5) is 5.50. The van der Waals surface area contributed by atoms with E-state index in [-0.39, 0.29) is 28.5 Å². The van der Waals surface area contributed by atoms with Crippen molar-refractivity contribution in [1.29, 1.82) is 0 Å². The van der Waals surface area contributed by atoms with E-state index < -0.39 is 0 Å². The van der Waals surface area contributed by atoms with Gasteiger partial charge in [0.05, 0.1) is 31.7 Å². The van der Waals surface area contributed by atoms with Crippen molar-refractivity contribution in [3.8, 4) is 5.69 Å². The summed E-state index contributed by atoms with van der Waals surface area (Å²) in [5.41, 5.74) is 20.4. The third-order valence-electron chi connectivity index (χ3n) is 17.0. The monoisotopic (exact) mass is 905 g/mol. The van der Waals surface area contributed by atoms with Crippen molar-refractivity contribution < 1.29 is 0 Å². The molecule has 0 spiro atoms. The molecule has 0 radical (unpaired) electrons. The number of benzene rings is 7. The quantitative estimate of drug-likeness (QED) is 0.160. The average Bonchev–Trinajstić information content (AvgIpc) is 4.02. The van der Waals surface area contributed by atoms with Gasteiger partial charge >= 0.3 is 0 Å². The first-order valence-electron chi connectivity index (χ1n) is 24.6. The minimum absolute atomic E-state index is 0.0313. The van der Waals surface area contributed by atoms with Crippen molar-refractivity contribution in [3.05, 3.63) is 150 Å². The summed E-state index contributed by atoms with van der Waals surface area (Å²) < 4.78 is 8.09. The third-order valence-corrected chi connectivity index (χ3v) is 19.5. The van der Waals surface area contributed by atoms with E-state index in [1.54, 1.807) is 0 Å². The second kappa shape index (κ2) is 13.2. The summed E-state index contributed by atoms with van der Waals surface area (Å²) in [6.07, 6.45) is 4.89. The fourth-order valence-electron chi connectivity index (χ4n) is 13.4. The molecule has 1 aliphatic carbocycles. The summed E-state index contributed by atoms with van der Waals surface area (Å²) in [5, 5.41) is 5.38. The third kappa shape index (κ3) is 5.19. The van der Waals surface area contributed by atoms with E-state index in [1.807, 2.05) is 22.7 Å². The van der Waals surface area contributed by atoms with Gasteiger partial charge in [0, 0.05) is 64.8 Å².